The molecule has 1 rings (SSSR count). The highest BCUT2D eigenvalue weighted by molar-refractivity contribution is 5.55. The minimum Gasteiger partial charge on any atom is -0.303 e. The Labute approximate surface area is 50.1 Å². The molecule has 1 nitrogen and oxygen atoms in total. The normalized spacial score (nSPS) is 45.5. The maximum absolute atomic E-state index is 10.1. The van der Waals surface area contributed by atoms with E-state index < -0.39 is 0 Å². The summed E-state index contributed by atoms with van der Waals surface area (Å²) in [6, 6.07) is 0. The Morgan fingerprint density at radius 1 is 1.50 bits per heavy atom. The van der Waals surface area contributed by atoms with Gasteiger partial charge in [-0.2, -0.15) is 0 Å². The van der Waals surface area contributed by atoms with Crippen LogP contribution in [0.4, 0.5) is 0 Å². The van der Waals surface area contributed by atoms with E-state index in [4.69, 9.17) is 0 Å². The van der Waals surface area contributed by atoms with Crippen LogP contribution in [0.5, 0.6) is 0 Å². The first-order valence-corrected chi connectivity index (χ1v) is 3.21. The molecule has 0 N–H and O–H groups in total. The van der Waals surface area contributed by atoms with Crippen LogP contribution >= 0.6 is 0 Å². The Hall–Kier alpha value is -0.330. The van der Waals surface area contributed by atoms with E-state index >= 15 is 0 Å². The molecule has 0 heterocycles. The van der Waals surface area contributed by atoms with Gasteiger partial charge in [0.25, 0.3) is 0 Å². The first-order valence-electron chi connectivity index (χ1n) is 3.21. The van der Waals surface area contributed by atoms with Crippen molar-refractivity contribution in [1.29, 1.82) is 0 Å². The highest BCUT2D eigenvalue weighted by atomic mass is 16.1. The van der Waals surface area contributed by atoms with Crippen molar-refractivity contribution < 1.29 is 4.79 Å². The molecule has 0 bridgehead atoms. The topological polar surface area (TPSA) is 17.1 Å². The second-order valence-corrected chi connectivity index (χ2v) is 2.87. The average Bonchev–Trinajstić information content (AvgIpc) is 1.81. The summed E-state index contributed by atoms with van der Waals surface area (Å²) >= 11 is 0. The Morgan fingerprint density at radius 3 is 2.25 bits per heavy atom. The summed E-state index contributed by atoms with van der Waals surface area (Å²) in [6.45, 7) is 4.35. The van der Waals surface area contributed by atoms with Crippen LogP contribution in [0.15, 0.2) is 0 Å². The van der Waals surface area contributed by atoms with Crippen LogP contribution in [0.1, 0.15) is 20.3 Å². The van der Waals surface area contributed by atoms with Crippen molar-refractivity contribution in [2.45, 2.75) is 20.3 Å². The van der Waals surface area contributed by atoms with Crippen molar-refractivity contribution in [2.75, 3.05) is 0 Å². The summed E-state index contributed by atoms with van der Waals surface area (Å²) in [5, 5.41) is 0. The molecule has 0 amide bonds. The van der Waals surface area contributed by atoms with Gasteiger partial charge in [0.1, 0.15) is 6.29 Å². The molecule has 1 fully saturated rings. The lowest BCUT2D eigenvalue weighted by Crippen LogP contribution is -2.33. The highest BCUT2D eigenvalue weighted by Gasteiger charge is 2.33. The standard InChI is InChI=1S/C7H12O/c1-5-3-7(4-8)6(5)2/h4-7H,3H2,1-2H3. The van der Waals surface area contributed by atoms with Crippen molar-refractivity contribution in [3.63, 3.8) is 0 Å². The largest absolute Gasteiger partial charge is 0.303 e. The Bertz CT molecular complexity index is 98.6. The maximum Gasteiger partial charge on any atom is 0.123 e. The third kappa shape index (κ3) is 0.662. The molecular weight excluding hydrogens is 100 g/mol. The van der Waals surface area contributed by atoms with Gasteiger partial charge < -0.3 is 4.79 Å². The zero-order chi connectivity index (χ0) is 6.15. The van der Waals surface area contributed by atoms with Gasteiger partial charge in [0.15, 0.2) is 0 Å². The van der Waals surface area contributed by atoms with Crippen molar-refractivity contribution in [3.05, 3.63) is 0 Å². The number of hydrogen-bond donors (Lipinski definition) is 0. The minimum atomic E-state index is 0.380. The summed E-state index contributed by atoms with van der Waals surface area (Å²) < 4.78 is 0. The fraction of sp³-hybridized carbons (Fsp3) is 0.857. The van der Waals surface area contributed by atoms with Gasteiger partial charge in [0.05, 0.1) is 0 Å². The molecule has 0 saturated heterocycles. The van der Waals surface area contributed by atoms with Crippen molar-refractivity contribution >= 4 is 6.29 Å². The van der Waals surface area contributed by atoms with Gasteiger partial charge in [-0.15, -0.1) is 0 Å². The molecule has 0 aliphatic heterocycles. The Balaban J connectivity index is 2.35. The number of rotatable bonds is 1. The zero-order valence-corrected chi connectivity index (χ0v) is 5.42. The van der Waals surface area contributed by atoms with E-state index in [1.165, 1.54) is 0 Å². The molecule has 0 spiro atoms. The molecule has 1 aliphatic carbocycles. The van der Waals surface area contributed by atoms with Crippen LogP contribution in [0.25, 0.3) is 0 Å². The van der Waals surface area contributed by atoms with Crippen LogP contribution in [0.3, 0.4) is 0 Å². The van der Waals surface area contributed by atoms with Crippen LogP contribution in [0, 0.1) is 17.8 Å². The molecule has 1 aliphatic rings. The SMILES string of the molecule is CC1CC(C=O)C1C. The predicted molar refractivity (Wildman–Crippen MR) is 32.5 cm³/mol. The molecular formula is C7H12O. The van der Waals surface area contributed by atoms with E-state index in [0.29, 0.717) is 11.8 Å². The van der Waals surface area contributed by atoms with Gasteiger partial charge in [-0.1, -0.05) is 13.8 Å². The van der Waals surface area contributed by atoms with Crippen molar-refractivity contribution in [1.82, 2.24) is 0 Å². The van der Waals surface area contributed by atoms with Crippen LogP contribution in [0.2, 0.25) is 0 Å². The maximum atomic E-state index is 10.1. The van der Waals surface area contributed by atoms with Crippen LogP contribution in [-0.4, -0.2) is 6.29 Å². The summed E-state index contributed by atoms with van der Waals surface area (Å²) in [7, 11) is 0. The molecule has 46 valence electrons. The van der Waals surface area contributed by atoms with E-state index in [1.807, 2.05) is 0 Å². The molecule has 1 heteroatoms. The van der Waals surface area contributed by atoms with Crippen LogP contribution < -0.4 is 0 Å². The molecule has 8 heavy (non-hydrogen) atoms. The number of carbonyl (C=O) groups excluding carboxylic acids is 1. The van der Waals surface area contributed by atoms with Gasteiger partial charge in [-0.05, 0) is 18.3 Å². The molecule has 1 saturated carbocycles. The summed E-state index contributed by atoms with van der Waals surface area (Å²) in [4.78, 5) is 10.1. The molecule has 3 unspecified atom stereocenters. The summed E-state index contributed by atoms with van der Waals surface area (Å²) in [5.74, 6) is 1.81. The first kappa shape index (κ1) is 5.80. The van der Waals surface area contributed by atoms with Gasteiger partial charge >= 0.3 is 0 Å². The van der Waals surface area contributed by atoms with E-state index in [-0.39, 0.29) is 0 Å². The summed E-state index contributed by atoms with van der Waals surface area (Å²) in [5.41, 5.74) is 0. The van der Waals surface area contributed by atoms with E-state index in [0.717, 1.165) is 18.6 Å². The average molecular weight is 112 g/mol. The molecule has 0 aromatic rings. The first-order chi connectivity index (χ1) is 3.75. The van der Waals surface area contributed by atoms with Gasteiger partial charge in [0, 0.05) is 5.92 Å². The quantitative estimate of drug-likeness (QED) is 0.469. The third-order valence-electron chi connectivity index (χ3n) is 2.39. The van der Waals surface area contributed by atoms with Crippen LogP contribution in [-0.2, 0) is 4.79 Å². The lowest BCUT2D eigenvalue weighted by atomic mass is 9.67. The minimum absolute atomic E-state index is 0.380. The molecule has 0 aromatic heterocycles. The zero-order valence-electron chi connectivity index (χ0n) is 5.42. The summed E-state index contributed by atoms with van der Waals surface area (Å²) in [6.07, 6.45) is 2.20. The number of carbonyl (C=O) groups is 1. The predicted octanol–water partition coefficient (Wildman–Crippen LogP) is 1.48. The fourth-order valence-corrected chi connectivity index (χ4v) is 1.26. The van der Waals surface area contributed by atoms with E-state index in [2.05, 4.69) is 13.8 Å². The molecule has 0 aromatic carbocycles. The van der Waals surface area contributed by atoms with E-state index in [9.17, 15) is 4.79 Å². The monoisotopic (exact) mass is 112 g/mol. The van der Waals surface area contributed by atoms with Gasteiger partial charge in [-0.3, -0.25) is 0 Å². The van der Waals surface area contributed by atoms with Crippen molar-refractivity contribution in [3.8, 4) is 0 Å². The van der Waals surface area contributed by atoms with E-state index in [1.54, 1.807) is 0 Å². The fourth-order valence-electron chi connectivity index (χ4n) is 1.26. The lowest BCUT2D eigenvalue weighted by Gasteiger charge is -2.36. The smallest absolute Gasteiger partial charge is 0.123 e. The third-order valence-corrected chi connectivity index (χ3v) is 2.39. The second kappa shape index (κ2) is 1.88. The highest BCUT2D eigenvalue weighted by Crippen LogP contribution is 2.37. The Kier molecular flexibility index (Phi) is 1.37. The lowest BCUT2D eigenvalue weighted by molar-refractivity contribution is -0.117. The second-order valence-electron chi connectivity index (χ2n) is 2.87. The van der Waals surface area contributed by atoms with Gasteiger partial charge in [0.2, 0.25) is 0 Å². The molecule has 0 radical (unpaired) electrons. The number of aldehydes is 1. The Morgan fingerprint density at radius 2 is 2.12 bits per heavy atom. The van der Waals surface area contributed by atoms with Crippen molar-refractivity contribution in [2.24, 2.45) is 17.8 Å². The number of hydrogen-bond acceptors (Lipinski definition) is 1. The van der Waals surface area contributed by atoms with Gasteiger partial charge in [-0.25, -0.2) is 0 Å². The molecule has 3 atom stereocenters.